The molecule has 5 heteroatoms. The van der Waals surface area contributed by atoms with Crippen molar-refractivity contribution in [3.8, 4) is 0 Å². The van der Waals surface area contributed by atoms with Crippen molar-refractivity contribution in [1.29, 1.82) is 0 Å². The first-order valence-electron chi connectivity index (χ1n) is 9.93. The Morgan fingerprint density at radius 3 is 1.73 bits per heavy atom. The largest absolute Gasteiger partial charge is 0.478 e. The minimum absolute atomic E-state index is 0.0168. The van der Waals surface area contributed by atoms with Gasteiger partial charge in [-0.2, -0.15) is 0 Å². The number of carbonyl (C=O) groups is 1. The number of benzene rings is 2. The summed E-state index contributed by atoms with van der Waals surface area (Å²) < 4.78 is 4.63. The lowest BCUT2D eigenvalue weighted by molar-refractivity contribution is -0.131. The summed E-state index contributed by atoms with van der Waals surface area (Å²) >= 11 is 0. The summed E-state index contributed by atoms with van der Waals surface area (Å²) in [4.78, 5) is 11.4. The quantitative estimate of drug-likeness (QED) is 0.483. The molecule has 156 valence electrons. The van der Waals surface area contributed by atoms with Crippen LogP contribution in [-0.4, -0.2) is 47.7 Å². The van der Waals surface area contributed by atoms with Crippen molar-refractivity contribution in [2.24, 2.45) is 0 Å². The zero-order valence-corrected chi connectivity index (χ0v) is 16.6. The van der Waals surface area contributed by atoms with E-state index in [4.69, 9.17) is 10.2 Å². The standard InChI is InChI=1S/C21H16O2.C4H10O3/c22-21(23)13-20(18-11-9-14-5-1-3-7-16(14)18)19-12-10-15-6-2-4-8-17(15)19;5-1-3-7-4-2-6/h1-13,18-19H,(H,22,23);5-6H,1-4H2. The molecule has 0 saturated carbocycles. The maximum atomic E-state index is 11.4. The number of fused-ring (bicyclic) bond motifs is 2. The van der Waals surface area contributed by atoms with E-state index in [0.717, 1.165) is 5.57 Å². The number of aliphatic hydroxyl groups excluding tert-OH is 2. The fourth-order valence-corrected chi connectivity index (χ4v) is 3.83. The lowest BCUT2D eigenvalue weighted by Crippen LogP contribution is -2.08. The van der Waals surface area contributed by atoms with Crippen LogP contribution in [0, 0.1) is 0 Å². The molecule has 0 spiro atoms. The van der Waals surface area contributed by atoms with Gasteiger partial charge in [0.05, 0.1) is 26.4 Å². The average Bonchev–Trinajstić information content (AvgIpc) is 3.37. The van der Waals surface area contributed by atoms with Gasteiger partial charge in [-0.3, -0.25) is 0 Å². The fraction of sp³-hybridized carbons (Fsp3) is 0.240. The Hall–Kier alpha value is -2.99. The molecular weight excluding hydrogens is 380 g/mol. The second kappa shape index (κ2) is 10.7. The van der Waals surface area contributed by atoms with E-state index < -0.39 is 5.97 Å². The third-order valence-corrected chi connectivity index (χ3v) is 5.08. The monoisotopic (exact) mass is 406 g/mol. The molecule has 2 aliphatic carbocycles. The number of carboxylic acids is 1. The molecular formula is C25H26O5. The number of carboxylic acid groups (broad SMARTS) is 1. The van der Waals surface area contributed by atoms with Crippen LogP contribution in [0.4, 0.5) is 0 Å². The Morgan fingerprint density at radius 2 is 1.30 bits per heavy atom. The first kappa shape index (κ1) is 21.7. The molecule has 0 radical (unpaired) electrons. The van der Waals surface area contributed by atoms with E-state index in [9.17, 15) is 9.90 Å². The van der Waals surface area contributed by atoms with Crippen LogP contribution in [0.3, 0.4) is 0 Å². The van der Waals surface area contributed by atoms with E-state index in [-0.39, 0.29) is 25.0 Å². The predicted octanol–water partition coefficient (Wildman–Crippen LogP) is 3.61. The van der Waals surface area contributed by atoms with E-state index in [2.05, 4.69) is 53.3 Å². The lowest BCUT2D eigenvalue weighted by atomic mass is 9.81. The average molecular weight is 406 g/mol. The molecule has 0 heterocycles. The van der Waals surface area contributed by atoms with Gasteiger partial charge >= 0.3 is 5.97 Å². The molecule has 4 rings (SSSR count). The highest BCUT2D eigenvalue weighted by atomic mass is 16.5. The number of aliphatic carboxylic acids is 1. The van der Waals surface area contributed by atoms with Gasteiger partial charge in [-0.1, -0.05) is 72.8 Å². The summed E-state index contributed by atoms with van der Waals surface area (Å²) in [6, 6.07) is 16.4. The lowest BCUT2D eigenvalue weighted by Gasteiger charge is -2.21. The van der Waals surface area contributed by atoms with Gasteiger partial charge in [-0.15, -0.1) is 0 Å². The zero-order chi connectivity index (χ0) is 21.3. The normalized spacial score (nSPS) is 17.7. The summed E-state index contributed by atoms with van der Waals surface area (Å²) in [6.07, 6.45) is 9.76. The highest BCUT2D eigenvalue weighted by Gasteiger charge is 2.29. The summed E-state index contributed by atoms with van der Waals surface area (Å²) in [5.74, 6) is -0.859. The summed E-state index contributed by atoms with van der Waals surface area (Å²) in [5.41, 5.74) is 5.61. The molecule has 2 unspecified atom stereocenters. The summed E-state index contributed by atoms with van der Waals surface area (Å²) in [6.45, 7) is 0.696. The summed E-state index contributed by atoms with van der Waals surface area (Å²) in [5, 5.41) is 25.5. The first-order chi connectivity index (χ1) is 14.7. The molecule has 0 bridgehead atoms. The second-order valence-corrected chi connectivity index (χ2v) is 6.97. The zero-order valence-electron chi connectivity index (χ0n) is 16.6. The SMILES string of the molecule is O=C(O)C=C(C1C=Cc2ccccc21)C1C=Cc2ccccc21.OCCOCCO. The molecule has 3 N–H and O–H groups in total. The molecule has 0 saturated heterocycles. The van der Waals surface area contributed by atoms with Crippen molar-refractivity contribution in [1.82, 2.24) is 0 Å². The van der Waals surface area contributed by atoms with Crippen molar-refractivity contribution in [2.45, 2.75) is 11.8 Å². The Morgan fingerprint density at radius 1 is 0.833 bits per heavy atom. The first-order valence-corrected chi connectivity index (χ1v) is 9.93. The van der Waals surface area contributed by atoms with Crippen LogP contribution in [0.2, 0.25) is 0 Å². The van der Waals surface area contributed by atoms with Crippen LogP contribution >= 0.6 is 0 Å². The third-order valence-electron chi connectivity index (χ3n) is 5.08. The molecule has 2 aromatic carbocycles. The van der Waals surface area contributed by atoms with Crippen LogP contribution < -0.4 is 0 Å². The van der Waals surface area contributed by atoms with Crippen molar-refractivity contribution >= 4 is 18.1 Å². The Labute approximate surface area is 176 Å². The smallest absolute Gasteiger partial charge is 0.328 e. The van der Waals surface area contributed by atoms with Gasteiger partial charge in [0, 0.05) is 17.9 Å². The molecule has 0 aliphatic heterocycles. The molecule has 2 aromatic rings. The van der Waals surface area contributed by atoms with Crippen molar-refractivity contribution in [3.63, 3.8) is 0 Å². The van der Waals surface area contributed by atoms with Gasteiger partial charge in [-0.25, -0.2) is 4.79 Å². The number of allylic oxidation sites excluding steroid dienone is 3. The van der Waals surface area contributed by atoms with E-state index in [1.807, 2.05) is 24.3 Å². The maximum Gasteiger partial charge on any atom is 0.328 e. The topological polar surface area (TPSA) is 87.0 Å². The summed E-state index contributed by atoms with van der Waals surface area (Å²) in [7, 11) is 0. The number of hydrogen-bond acceptors (Lipinski definition) is 4. The number of aliphatic hydroxyl groups is 2. The minimum atomic E-state index is -0.893. The van der Waals surface area contributed by atoms with Gasteiger partial charge in [0.2, 0.25) is 0 Å². The molecule has 2 atom stereocenters. The number of ether oxygens (including phenoxy) is 1. The second-order valence-electron chi connectivity index (χ2n) is 6.97. The molecule has 5 nitrogen and oxygen atoms in total. The molecule has 30 heavy (non-hydrogen) atoms. The Kier molecular flexibility index (Phi) is 7.74. The maximum absolute atomic E-state index is 11.4. The van der Waals surface area contributed by atoms with E-state index in [1.54, 1.807) is 0 Å². The van der Waals surface area contributed by atoms with Crippen LogP contribution in [0.1, 0.15) is 34.1 Å². The van der Waals surface area contributed by atoms with Crippen LogP contribution in [0.25, 0.3) is 12.2 Å². The van der Waals surface area contributed by atoms with E-state index in [1.165, 1.54) is 28.3 Å². The molecule has 2 aliphatic rings. The minimum Gasteiger partial charge on any atom is -0.478 e. The molecule has 0 fully saturated rings. The fourth-order valence-electron chi connectivity index (χ4n) is 3.83. The number of rotatable bonds is 7. The molecule has 0 amide bonds. The van der Waals surface area contributed by atoms with Crippen molar-refractivity contribution < 1.29 is 24.9 Å². The van der Waals surface area contributed by atoms with Crippen molar-refractivity contribution in [3.05, 3.63) is 94.6 Å². The van der Waals surface area contributed by atoms with Gasteiger partial charge in [-0.05, 0) is 27.8 Å². The molecule has 0 aromatic heterocycles. The van der Waals surface area contributed by atoms with Gasteiger partial charge in [0.25, 0.3) is 0 Å². The Bertz CT molecular complexity index is 890. The predicted molar refractivity (Wildman–Crippen MR) is 117 cm³/mol. The highest BCUT2D eigenvalue weighted by molar-refractivity contribution is 5.83. The van der Waals surface area contributed by atoms with Crippen LogP contribution in [0.15, 0.2) is 72.3 Å². The van der Waals surface area contributed by atoms with Gasteiger partial charge in [0.15, 0.2) is 0 Å². The third kappa shape index (κ3) is 5.13. The van der Waals surface area contributed by atoms with Gasteiger partial charge < -0.3 is 20.1 Å². The Balaban J connectivity index is 0.000000318. The van der Waals surface area contributed by atoms with Crippen LogP contribution in [0.5, 0.6) is 0 Å². The van der Waals surface area contributed by atoms with Crippen LogP contribution in [-0.2, 0) is 9.53 Å². The number of hydrogen-bond donors (Lipinski definition) is 3. The van der Waals surface area contributed by atoms with Crippen molar-refractivity contribution in [2.75, 3.05) is 26.4 Å². The van der Waals surface area contributed by atoms with E-state index >= 15 is 0 Å². The van der Waals surface area contributed by atoms with E-state index in [0.29, 0.717) is 13.2 Å². The highest BCUT2D eigenvalue weighted by Crippen LogP contribution is 2.45. The van der Waals surface area contributed by atoms with Gasteiger partial charge in [0.1, 0.15) is 0 Å².